The van der Waals surface area contributed by atoms with Crippen molar-refractivity contribution >= 4 is 11.8 Å². The predicted octanol–water partition coefficient (Wildman–Crippen LogP) is 0.681. The summed E-state index contributed by atoms with van der Waals surface area (Å²) >= 11 is 0. The molecule has 102 valence electrons. The molecule has 0 aromatic rings. The first-order chi connectivity index (χ1) is 8.59. The van der Waals surface area contributed by atoms with Crippen LogP contribution in [-0.4, -0.2) is 48.1 Å². The van der Waals surface area contributed by atoms with E-state index in [0.29, 0.717) is 6.54 Å². The molecule has 2 unspecified atom stereocenters. The Morgan fingerprint density at radius 1 is 1.39 bits per heavy atom. The standard InChI is InChI=1S/C13H22N2O3/c1-9(2)15-12(16)7-11(13(15)17)14-8-10-5-3-4-6-18-10/h9-11,14H,3-8H2,1-2H3. The van der Waals surface area contributed by atoms with Crippen LogP contribution >= 0.6 is 0 Å². The zero-order valence-corrected chi connectivity index (χ0v) is 11.1. The quantitative estimate of drug-likeness (QED) is 0.750. The van der Waals surface area contributed by atoms with Crippen molar-refractivity contribution < 1.29 is 14.3 Å². The lowest BCUT2D eigenvalue weighted by molar-refractivity contribution is -0.140. The molecule has 2 amide bonds. The van der Waals surface area contributed by atoms with Gasteiger partial charge in [0.05, 0.1) is 18.6 Å². The van der Waals surface area contributed by atoms with E-state index in [0.717, 1.165) is 19.4 Å². The molecule has 0 saturated carbocycles. The summed E-state index contributed by atoms with van der Waals surface area (Å²) in [5, 5.41) is 3.18. The third-order valence-corrected chi connectivity index (χ3v) is 3.57. The average Bonchev–Trinajstić information content (AvgIpc) is 2.63. The molecule has 0 spiro atoms. The number of carbonyl (C=O) groups excluding carboxylic acids is 2. The third-order valence-electron chi connectivity index (χ3n) is 3.57. The highest BCUT2D eigenvalue weighted by atomic mass is 16.5. The van der Waals surface area contributed by atoms with E-state index < -0.39 is 0 Å². The van der Waals surface area contributed by atoms with E-state index >= 15 is 0 Å². The topological polar surface area (TPSA) is 58.6 Å². The number of rotatable bonds is 4. The third kappa shape index (κ3) is 2.90. The summed E-state index contributed by atoms with van der Waals surface area (Å²) in [4.78, 5) is 25.1. The molecule has 18 heavy (non-hydrogen) atoms. The summed E-state index contributed by atoms with van der Waals surface area (Å²) in [5.41, 5.74) is 0. The number of imide groups is 1. The Hall–Kier alpha value is -0.940. The molecule has 5 heteroatoms. The first kappa shape index (κ1) is 13.5. The number of hydrogen-bond acceptors (Lipinski definition) is 4. The minimum Gasteiger partial charge on any atom is -0.377 e. The van der Waals surface area contributed by atoms with Crippen LogP contribution in [0.15, 0.2) is 0 Å². The fraction of sp³-hybridized carbons (Fsp3) is 0.846. The van der Waals surface area contributed by atoms with Gasteiger partial charge in [-0.1, -0.05) is 0 Å². The van der Waals surface area contributed by atoms with E-state index in [4.69, 9.17) is 4.74 Å². The Morgan fingerprint density at radius 3 is 2.72 bits per heavy atom. The highest BCUT2D eigenvalue weighted by Gasteiger charge is 2.39. The van der Waals surface area contributed by atoms with Crippen molar-refractivity contribution in [2.24, 2.45) is 0 Å². The van der Waals surface area contributed by atoms with Crippen LogP contribution in [-0.2, 0) is 14.3 Å². The molecule has 2 saturated heterocycles. The van der Waals surface area contributed by atoms with Gasteiger partial charge in [0.15, 0.2) is 0 Å². The van der Waals surface area contributed by atoms with Crippen molar-refractivity contribution in [2.45, 2.75) is 57.7 Å². The number of likely N-dealkylation sites (tertiary alicyclic amines) is 1. The first-order valence-electron chi connectivity index (χ1n) is 6.80. The van der Waals surface area contributed by atoms with Gasteiger partial charge in [0.1, 0.15) is 0 Å². The number of nitrogens with one attached hydrogen (secondary N) is 1. The number of ether oxygens (including phenoxy) is 1. The largest absolute Gasteiger partial charge is 0.377 e. The van der Waals surface area contributed by atoms with Crippen LogP contribution in [0.25, 0.3) is 0 Å². The SMILES string of the molecule is CC(C)N1C(=O)CC(NCC2CCCCO2)C1=O. The van der Waals surface area contributed by atoms with Gasteiger partial charge in [0.25, 0.3) is 0 Å². The van der Waals surface area contributed by atoms with Crippen LogP contribution in [0, 0.1) is 0 Å². The van der Waals surface area contributed by atoms with Gasteiger partial charge in [-0.3, -0.25) is 14.5 Å². The second-order valence-corrected chi connectivity index (χ2v) is 5.35. The first-order valence-corrected chi connectivity index (χ1v) is 6.80. The van der Waals surface area contributed by atoms with E-state index in [2.05, 4.69) is 5.32 Å². The maximum Gasteiger partial charge on any atom is 0.247 e. The second-order valence-electron chi connectivity index (χ2n) is 5.35. The Bertz CT molecular complexity index is 324. The number of nitrogens with zero attached hydrogens (tertiary/aromatic N) is 1. The van der Waals surface area contributed by atoms with Crippen molar-refractivity contribution in [2.75, 3.05) is 13.2 Å². The molecule has 2 aliphatic rings. The van der Waals surface area contributed by atoms with Gasteiger partial charge in [0.2, 0.25) is 11.8 Å². The van der Waals surface area contributed by atoms with Gasteiger partial charge >= 0.3 is 0 Å². The van der Waals surface area contributed by atoms with Crippen LogP contribution in [0.2, 0.25) is 0 Å². The molecule has 2 aliphatic heterocycles. The minimum atomic E-state index is -0.356. The molecule has 5 nitrogen and oxygen atoms in total. The van der Waals surface area contributed by atoms with Crippen LogP contribution in [0.1, 0.15) is 39.5 Å². The van der Waals surface area contributed by atoms with Crippen molar-refractivity contribution in [3.63, 3.8) is 0 Å². The van der Waals surface area contributed by atoms with Gasteiger partial charge in [-0.15, -0.1) is 0 Å². The second kappa shape index (κ2) is 5.80. The molecule has 0 aliphatic carbocycles. The molecule has 0 radical (unpaired) electrons. The highest BCUT2D eigenvalue weighted by molar-refractivity contribution is 6.05. The van der Waals surface area contributed by atoms with Gasteiger partial charge in [0, 0.05) is 19.2 Å². The normalized spacial score (nSPS) is 29.4. The highest BCUT2D eigenvalue weighted by Crippen LogP contribution is 2.17. The Kier molecular flexibility index (Phi) is 4.35. The monoisotopic (exact) mass is 254 g/mol. The van der Waals surface area contributed by atoms with Crippen LogP contribution in [0.4, 0.5) is 0 Å². The van der Waals surface area contributed by atoms with Crippen LogP contribution in [0.5, 0.6) is 0 Å². The number of carbonyl (C=O) groups is 2. The average molecular weight is 254 g/mol. The molecule has 2 rings (SSSR count). The summed E-state index contributed by atoms with van der Waals surface area (Å²) in [6.45, 7) is 5.20. The van der Waals surface area contributed by atoms with E-state index in [-0.39, 0.29) is 36.4 Å². The maximum atomic E-state index is 12.0. The molecule has 0 aromatic carbocycles. The summed E-state index contributed by atoms with van der Waals surface area (Å²) in [7, 11) is 0. The fourth-order valence-corrected chi connectivity index (χ4v) is 2.60. The lowest BCUT2D eigenvalue weighted by Gasteiger charge is -2.24. The van der Waals surface area contributed by atoms with Crippen LogP contribution < -0.4 is 5.32 Å². The molecule has 2 atom stereocenters. The lowest BCUT2D eigenvalue weighted by atomic mass is 10.1. The van der Waals surface area contributed by atoms with Crippen molar-refractivity contribution in [3.05, 3.63) is 0 Å². The smallest absolute Gasteiger partial charge is 0.247 e. The summed E-state index contributed by atoms with van der Waals surface area (Å²) in [5.74, 6) is -0.164. The maximum absolute atomic E-state index is 12.0. The minimum absolute atomic E-state index is 0.0530. The number of hydrogen-bond donors (Lipinski definition) is 1. The molecule has 2 fully saturated rings. The van der Waals surface area contributed by atoms with E-state index in [1.54, 1.807) is 0 Å². The van der Waals surface area contributed by atoms with Gasteiger partial charge in [-0.25, -0.2) is 0 Å². The predicted molar refractivity (Wildman–Crippen MR) is 67.0 cm³/mol. The molecular formula is C13H22N2O3. The van der Waals surface area contributed by atoms with Gasteiger partial charge in [-0.05, 0) is 33.1 Å². The van der Waals surface area contributed by atoms with Crippen molar-refractivity contribution in [3.8, 4) is 0 Å². The zero-order chi connectivity index (χ0) is 13.1. The molecule has 1 N–H and O–H groups in total. The number of amides is 2. The van der Waals surface area contributed by atoms with Crippen LogP contribution in [0.3, 0.4) is 0 Å². The Morgan fingerprint density at radius 2 is 2.17 bits per heavy atom. The summed E-state index contributed by atoms with van der Waals surface area (Å²) in [6, 6.07) is -0.409. The zero-order valence-electron chi connectivity index (χ0n) is 11.1. The molecule has 2 heterocycles. The molecule has 0 bridgehead atoms. The Labute approximate surface area is 108 Å². The lowest BCUT2D eigenvalue weighted by Crippen LogP contribution is -2.44. The summed E-state index contributed by atoms with van der Waals surface area (Å²) < 4.78 is 5.60. The van der Waals surface area contributed by atoms with Gasteiger partial charge < -0.3 is 10.1 Å². The van der Waals surface area contributed by atoms with Gasteiger partial charge in [-0.2, -0.15) is 0 Å². The van der Waals surface area contributed by atoms with E-state index in [1.807, 2.05) is 13.8 Å². The molecular weight excluding hydrogens is 232 g/mol. The Balaban J connectivity index is 1.83. The van der Waals surface area contributed by atoms with E-state index in [9.17, 15) is 9.59 Å². The van der Waals surface area contributed by atoms with E-state index in [1.165, 1.54) is 11.3 Å². The van der Waals surface area contributed by atoms with Crippen molar-refractivity contribution in [1.82, 2.24) is 10.2 Å². The fourth-order valence-electron chi connectivity index (χ4n) is 2.60. The molecule has 0 aromatic heterocycles. The van der Waals surface area contributed by atoms with Crippen molar-refractivity contribution in [1.29, 1.82) is 0 Å². The summed E-state index contributed by atoms with van der Waals surface area (Å²) in [6.07, 6.45) is 3.81.